The van der Waals surface area contributed by atoms with E-state index in [2.05, 4.69) is 30.5 Å². The molecular weight excluding hydrogens is 422 g/mol. The Hall–Kier alpha value is -3.04. The van der Waals surface area contributed by atoms with Gasteiger partial charge >= 0.3 is 0 Å². The normalized spacial score (nSPS) is 14.9. The predicted molar refractivity (Wildman–Crippen MR) is 117 cm³/mol. The number of anilines is 2. The molecule has 1 aliphatic rings. The molecule has 1 fully saturated rings. The van der Waals surface area contributed by atoms with Gasteiger partial charge in [0.25, 0.3) is 0 Å². The van der Waals surface area contributed by atoms with Gasteiger partial charge in [0.2, 0.25) is 5.91 Å². The highest BCUT2D eigenvalue weighted by atomic mass is 35.5. The maximum absolute atomic E-state index is 12.7. The standard InChI is InChI=1S/C20H18ClN7OS/c21-15-4-2-1-3-14(15)16-11-30-20(23-16)24-19(29)13-7-9-27(10-8-13)18-6-5-17-25-22-12-28(17)26-18/h1-6,11-13H,7-10H2,(H,23,24,29). The molecule has 1 saturated heterocycles. The minimum absolute atomic E-state index is 0.0110. The molecule has 0 radical (unpaired) electrons. The second-order valence-corrected chi connectivity index (χ2v) is 8.36. The van der Waals surface area contributed by atoms with Crippen molar-refractivity contribution in [2.45, 2.75) is 12.8 Å². The second-order valence-electron chi connectivity index (χ2n) is 7.09. The third-order valence-corrected chi connectivity index (χ3v) is 6.31. The average Bonchev–Trinajstić information content (AvgIpc) is 3.43. The Kier molecular flexibility index (Phi) is 5.06. The lowest BCUT2D eigenvalue weighted by Crippen LogP contribution is -2.38. The van der Waals surface area contributed by atoms with Gasteiger partial charge < -0.3 is 10.2 Å². The molecule has 8 nitrogen and oxygen atoms in total. The lowest BCUT2D eigenvalue weighted by atomic mass is 9.96. The van der Waals surface area contributed by atoms with Crippen molar-refractivity contribution in [2.24, 2.45) is 5.92 Å². The molecule has 1 aromatic carbocycles. The number of thiazole rings is 1. The Bertz CT molecular complexity index is 1200. The fraction of sp³-hybridized carbons (Fsp3) is 0.250. The summed E-state index contributed by atoms with van der Waals surface area (Å²) < 4.78 is 1.66. The zero-order valence-electron chi connectivity index (χ0n) is 15.9. The van der Waals surface area contributed by atoms with Crippen molar-refractivity contribution < 1.29 is 4.79 Å². The number of halogens is 1. The summed E-state index contributed by atoms with van der Waals surface area (Å²) in [6, 6.07) is 11.4. The number of hydrogen-bond donors (Lipinski definition) is 1. The van der Waals surface area contributed by atoms with E-state index in [-0.39, 0.29) is 11.8 Å². The van der Waals surface area contributed by atoms with E-state index >= 15 is 0 Å². The van der Waals surface area contributed by atoms with Gasteiger partial charge in [-0.05, 0) is 31.0 Å². The Labute approximate surface area is 181 Å². The summed E-state index contributed by atoms with van der Waals surface area (Å²) in [6.45, 7) is 1.53. The monoisotopic (exact) mass is 439 g/mol. The number of aromatic nitrogens is 5. The minimum Gasteiger partial charge on any atom is -0.355 e. The quantitative estimate of drug-likeness (QED) is 0.521. The summed E-state index contributed by atoms with van der Waals surface area (Å²) in [5.41, 5.74) is 2.35. The SMILES string of the molecule is O=C(Nc1nc(-c2ccccc2Cl)cs1)C1CCN(c2ccc3nncn3n2)CC1. The second kappa shape index (κ2) is 8.00. The number of fused-ring (bicyclic) bond motifs is 1. The van der Waals surface area contributed by atoms with Crippen LogP contribution in [0.25, 0.3) is 16.9 Å². The van der Waals surface area contributed by atoms with E-state index in [1.54, 1.807) is 10.8 Å². The molecule has 1 amide bonds. The Morgan fingerprint density at radius 2 is 2.00 bits per heavy atom. The molecule has 1 aliphatic heterocycles. The van der Waals surface area contributed by atoms with Crippen LogP contribution in [0.15, 0.2) is 48.1 Å². The highest BCUT2D eigenvalue weighted by Gasteiger charge is 2.26. The summed E-state index contributed by atoms with van der Waals surface area (Å²) in [4.78, 5) is 19.5. The highest BCUT2D eigenvalue weighted by molar-refractivity contribution is 7.14. The molecule has 0 bridgehead atoms. The molecule has 0 saturated carbocycles. The first kappa shape index (κ1) is 19.0. The van der Waals surface area contributed by atoms with Gasteiger partial charge in [-0.1, -0.05) is 29.8 Å². The number of nitrogens with one attached hydrogen (secondary N) is 1. The molecule has 152 valence electrons. The van der Waals surface area contributed by atoms with E-state index in [1.807, 2.05) is 41.8 Å². The van der Waals surface area contributed by atoms with E-state index in [9.17, 15) is 4.79 Å². The zero-order valence-corrected chi connectivity index (χ0v) is 17.5. The lowest BCUT2D eigenvalue weighted by molar-refractivity contribution is -0.120. The lowest BCUT2D eigenvalue weighted by Gasteiger charge is -2.31. The molecule has 0 atom stereocenters. The third kappa shape index (κ3) is 3.73. The van der Waals surface area contributed by atoms with Crippen LogP contribution in [0.1, 0.15) is 12.8 Å². The molecule has 0 aliphatic carbocycles. The van der Waals surface area contributed by atoms with Crippen molar-refractivity contribution in [3.05, 3.63) is 53.1 Å². The molecule has 3 aromatic heterocycles. The highest BCUT2D eigenvalue weighted by Crippen LogP contribution is 2.31. The van der Waals surface area contributed by atoms with Crippen LogP contribution in [-0.2, 0) is 4.79 Å². The molecule has 1 N–H and O–H groups in total. The fourth-order valence-corrected chi connectivity index (χ4v) is 4.54. The number of benzene rings is 1. The number of carbonyl (C=O) groups excluding carboxylic acids is 1. The van der Waals surface area contributed by atoms with E-state index in [1.165, 1.54) is 11.3 Å². The van der Waals surface area contributed by atoms with E-state index < -0.39 is 0 Å². The summed E-state index contributed by atoms with van der Waals surface area (Å²) in [5, 5.41) is 18.5. The van der Waals surface area contributed by atoms with Gasteiger partial charge in [-0.2, -0.15) is 4.52 Å². The first-order valence-electron chi connectivity index (χ1n) is 9.61. The van der Waals surface area contributed by atoms with Gasteiger partial charge in [-0.3, -0.25) is 4.79 Å². The maximum Gasteiger partial charge on any atom is 0.229 e. The number of amides is 1. The van der Waals surface area contributed by atoms with Gasteiger partial charge in [0, 0.05) is 35.0 Å². The Morgan fingerprint density at radius 3 is 2.83 bits per heavy atom. The summed E-state index contributed by atoms with van der Waals surface area (Å²) in [6.07, 6.45) is 3.11. The number of hydrogen-bond acceptors (Lipinski definition) is 7. The van der Waals surface area contributed by atoms with E-state index in [0.29, 0.717) is 15.8 Å². The maximum atomic E-state index is 12.7. The van der Waals surface area contributed by atoms with Gasteiger partial charge in [-0.15, -0.1) is 26.6 Å². The molecule has 5 rings (SSSR count). The predicted octanol–water partition coefficient (Wildman–Crippen LogP) is 3.76. The molecule has 0 unspecified atom stereocenters. The first-order valence-corrected chi connectivity index (χ1v) is 10.9. The first-order chi connectivity index (χ1) is 14.7. The van der Waals surface area contributed by atoms with Gasteiger partial charge in [0.15, 0.2) is 10.8 Å². The van der Waals surface area contributed by atoms with E-state index in [0.717, 1.165) is 43.0 Å². The van der Waals surface area contributed by atoms with Crippen LogP contribution in [0.3, 0.4) is 0 Å². The van der Waals surface area contributed by atoms with E-state index in [4.69, 9.17) is 11.6 Å². The number of carbonyl (C=O) groups is 1. The average molecular weight is 440 g/mol. The number of rotatable bonds is 4. The molecule has 0 spiro atoms. The van der Waals surface area contributed by atoms with Gasteiger partial charge in [0.1, 0.15) is 12.1 Å². The minimum atomic E-state index is -0.0486. The Balaban J connectivity index is 1.20. The van der Waals surface area contributed by atoms with Crippen LogP contribution in [0.2, 0.25) is 5.02 Å². The van der Waals surface area contributed by atoms with Crippen molar-refractivity contribution in [2.75, 3.05) is 23.3 Å². The van der Waals surface area contributed by atoms with Crippen LogP contribution >= 0.6 is 22.9 Å². The summed E-state index contributed by atoms with van der Waals surface area (Å²) in [7, 11) is 0. The topological polar surface area (TPSA) is 88.3 Å². The molecule has 4 heterocycles. The van der Waals surface area contributed by atoms with Crippen LogP contribution < -0.4 is 10.2 Å². The summed E-state index contributed by atoms with van der Waals surface area (Å²) in [5.74, 6) is 0.829. The van der Waals surface area contributed by atoms with Crippen molar-refractivity contribution >= 4 is 45.4 Å². The Morgan fingerprint density at radius 1 is 1.17 bits per heavy atom. The summed E-state index contributed by atoms with van der Waals surface area (Å²) >= 11 is 7.65. The molecule has 4 aromatic rings. The van der Waals surface area contributed by atoms with Crippen LogP contribution in [0, 0.1) is 5.92 Å². The van der Waals surface area contributed by atoms with Crippen molar-refractivity contribution in [3.63, 3.8) is 0 Å². The van der Waals surface area contributed by atoms with Crippen LogP contribution in [0.5, 0.6) is 0 Å². The number of piperidine rings is 1. The van der Waals surface area contributed by atoms with Crippen molar-refractivity contribution in [1.29, 1.82) is 0 Å². The smallest absolute Gasteiger partial charge is 0.229 e. The van der Waals surface area contributed by atoms with Crippen molar-refractivity contribution in [3.8, 4) is 11.3 Å². The fourth-order valence-electron chi connectivity index (χ4n) is 3.59. The van der Waals surface area contributed by atoms with Crippen molar-refractivity contribution in [1.82, 2.24) is 24.8 Å². The van der Waals surface area contributed by atoms with Gasteiger partial charge in [0.05, 0.1) is 5.69 Å². The molecular formula is C20H18ClN7OS. The number of nitrogens with zero attached hydrogens (tertiary/aromatic N) is 6. The van der Waals surface area contributed by atoms with Gasteiger partial charge in [-0.25, -0.2) is 4.98 Å². The molecule has 30 heavy (non-hydrogen) atoms. The van der Waals surface area contributed by atoms with Crippen LogP contribution in [-0.4, -0.2) is 43.8 Å². The molecule has 10 heteroatoms. The third-order valence-electron chi connectivity index (χ3n) is 5.22. The largest absolute Gasteiger partial charge is 0.355 e. The zero-order chi connectivity index (χ0) is 20.5. The van der Waals surface area contributed by atoms with Crippen LogP contribution in [0.4, 0.5) is 10.9 Å².